The lowest BCUT2D eigenvalue weighted by Crippen LogP contribution is -2.23. The maximum Gasteiger partial charge on any atom is 0.141 e. The molecule has 5 heteroatoms. The molecule has 0 saturated carbocycles. The quantitative estimate of drug-likeness (QED) is 0.937. The van der Waals surface area contributed by atoms with Crippen molar-refractivity contribution in [1.29, 1.82) is 0 Å². The van der Waals surface area contributed by atoms with E-state index in [1.54, 1.807) is 17.4 Å². The van der Waals surface area contributed by atoms with Crippen LogP contribution >= 0.6 is 11.3 Å². The summed E-state index contributed by atoms with van der Waals surface area (Å²) < 4.78 is 12.9. The molecule has 0 aromatic carbocycles. The van der Waals surface area contributed by atoms with Crippen LogP contribution in [0.4, 0.5) is 4.39 Å². The molecule has 1 unspecified atom stereocenters. The van der Waals surface area contributed by atoms with E-state index in [1.165, 1.54) is 25.1 Å². The van der Waals surface area contributed by atoms with Gasteiger partial charge in [0.25, 0.3) is 0 Å². The smallest absolute Gasteiger partial charge is 0.141 e. The Bertz CT molecular complexity index is 559. The number of hydrogen-bond donors (Lipinski definition) is 1. The van der Waals surface area contributed by atoms with E-state index >= 15 is 0 Å². The summed E-state index contributed by atoms with van der Waals surface area (Å²) in [6.45, 7) is 3.16. The lowest BCUT2D eigenvalue weighted by Gasteiger charge is -2.06. The van der Waals surface area contributed by atoms with Crippen LogP contribution in [0, 0.1) is 12.7 Å². The van der Waals surface area contributed by atoms with Crippen LogP contribution in [0.2, 0.25) is 0 Å². The standard InChI is InChI=1S/C14H16FN3S/c1-9-14(12-5-4-10(15)8-17-12)18-13(19-9)7-11-3-2-6-16-11/h4-5,8,11,16H,2-3,6-7H2,1H3. The predicted octanol–water partition coefficient (Wildman–Crippen LogP) is 2.95. The molecule has 0 bridgehead atoms. The van der Waals surface area contributed by atoms with Crippen molar-refractivity contribution in [2.45, 2.75) is 32.2 Å². The number of hydrogen-bond acceptors (Lipinski definition) is 4. The number of rotatable bonds is 3. The minimum atomic E-state index is -0.313. The molecule has 1 atom stereocenters. The van der Waals surface area contributed by atoms with Gasteiger partial charge < -0.3 is 5.32 Å². The molecule has 1 fully saturated rings. The van der Waals surface area contributed by atoms with Gasteiger partial charge in [0.05, 0.1) is 16.9 Å². The molecule has 3 heterocycles. The molecule has 100 valence electrons. The van der Waals surface area contributed by atoms with Gasteiger partial charge in [-0.05, 0) is 38.4 Å². The molecular formula is C14H16FN3S. The van der Waals surface area contributed by atoms with E-state index in [4.69, 9.17) is 0 Å². The normalized spacial score (nSPS) is 18.9. The first-order valence-electron chi connectivity index (χ1n) is 6.54. The average molecular weight is 277 g/mol. The topological polar surface area (TPSA) is 37.8 Å². The molecule has 0 amide bonds. The number of aromatic nitrogens is 2. The van der Waals surface area contributed by atoms with E-state index in [0.717, 1.165) is 34.2 Å². The van der Waals surface area contributed by atoms with Gasteiger partial charge in [0, 0.05) is 17.3 Å². The maximum absolute atomic E-state index is 12.9. The molecule has 2 aromatic rings. The van der Waals surface area contributed by atoms with Crippen LogP contribution in [0.5, 0.6) is 0 Å². The van der Waals surface area contributed by atoms with Gasteiger partial charge in [-0.25, -0.2) is 9.37 Å². The van der Waals surface area contributed by atoms with E-state index in [-0.39, 0.29) is 5.82 Å². The molecule has 1 aliphatic rings. The van der Waals surface area contributed by atoms with Gasteiger partial charge in [-0.15, -0.1) is 11.3 Å². The van der Waals surface area contributed by atoms with Crippen molar-refractivity contribution in [2.24, 2.45) is 0 Å². The highest BCUT2D eigenvalue weighted by molar-refractivity contribution is 7.12. The largest absolute Gasteiger partial charge is 0.314 e. The van der Waals surface area contributed by atoms with Gasteiger partial charge in [0.1, 0.15) is 11.5 Å². The van der Waals surface area contributed by atoms with Crippen LogP contribution in [0.3, 0.4) is 0 Å². The fourth-order valence-corrected chi connectivity index (χ4v) is 3.46. The molecule has 1 aliphatic heterocycles. The SMILES string of the molecule is Cc1sc(CC2CCCN2)nc1-c1ccc(F)cn1. The third-order valence-electron chi connectivity index (χ3n) is 3.39. The zero-order chi connectivity index (χ0) is 13.2. The van der Waals surface area contributed by atoms with Crippen molar-refractivity contribution in [3.05, 3.63) is 34.0 Å². The van der Waals surface area contributed by atoms with Crippen molar-refractivity contribution < 1.29 is 4.39 Å². The molecular weight excluding hydrogens is 261 g/mol. The number of pyridine rings is 1. The number of aryl methyl sites for hydroxylation is 1. The Hall–Kier alpha value is -1.33. The van der Waals surface area contributed by atoms with Crippen LogP contribution in [0.15, 0.2) is 18.3 Å². The maximum atomic E-state index is 12.9. The van der Waals surface area contributed by atoms with E-state index in [1.807, 2.05) is 6.92 Å². The molecule has 1 N–H and O–H groups in total. The van der Waals surface area contributed by atoms with Crippen molar-refractivity contribution in [3.8, 4) is 11.4 Å². The number of thiazole rings is 1. The minimum absolute atomic E-state index is 0.313. The Morgan fingerprint density at radius 1 is 1.47 bits per heavy atom. The lowest BCUT2D eigenvalue weighted by molar-refractivity contribution is 0.601. The first-order valence-corrected chi connectivity index (χ1v) is 7.35. The van der Waals surface area contributed by atoms with Gasteiger partial charge in [-0.1, -0.05) is 0 Å². The molecule has 0 radical (unpaired) electrons. The highest BCUT2D eigenvalue weighted by atomic mass is 32.1. The van der Waals surface area contributed by atoms with Crippen LogP contribution in [-0.4, -0.2) is 22.6 Å². The summed E-state index contributed by atoms with van der Waals surface area (Å²) in [6.07, 6.45) is 4.70. The Labute approximate surface area is 115 Å². The molecule has 3 rings (SSSR count). The van der Waals surface area contributed by atoms with Gasteiger partial charge in [0.2, 0.25) is 0 Å². The molecule has 0 aliphatic carbocycles. The molecule has 0 spiro atoms. The number of nitrogens with one attached hydrogen (secondary N) is 1. The van der Waals surface area contributed by atoms with Gasteiger partial charge >= 0.3 is 0 Å². The highest BCUT2D eigenvalue weighted by Crippen LogP contribution is 2.27. The number of halogens is 1. The highest BCUT2D eigenvalue weighted by Gasteiger charge is 2.18. The third-order valence-corrected chi connectivity index (χ3v) is 4.39. The summed E-state index contributed by atoms with van der Waals surface area (Å²) in [5.74, 6) is -0.313. The van der Waals surface area contributed by atoms with Gasteiger partial charge in [-0.2, -0.15) is 0 Å². The summed E-state index contributed by atoms with van der Waals surface area (Å²) in [6, 6.07) is 3.67. The summed E-state index contributed by atoms with van der Waals surface area (Å²) >= 11 is 1.72. The Kier molecular flexibility index (Phi) is 3.57. The monoisotopic (exact) mass is 277 g/mol. The molecule has 19 heavy (non-hydrogen) atoms. The van der Waals surface area contributed by atoms with Crippen LogP contribution in [0.25, 0.3) is 11.4 Å². The fraction of sp³-hybridized carbons (Fsp3) is 0.429. The zero-order valence-electron chi connectivity index (χ0n) is 10.8. The zero-order valence-corrected chi connectivity index (χ0v) is 11.6. The predicted molar refractivity (Wildman–Crippen MR) is 74.8 cm³/mol. The second-order valence-corrected chi connectivity index (χ2v) is 6.16. The van der Waals surface area contributed by atoms with Crippen molar-refractivity contribution in [2.75, 3.05) is 6.54 Å². The van der Waals surface area contributed by atoms with Crippen molar-refractivity contribution >= 4 is 11.3 Å². The third kappa shape index (κ3) is 2.82. The second kappa shape index (κ2) is 5.35. The molecule has 1 saturated heterocycles. The average Bonchev–Trinajstić information content (AvgIpc) is 3.01. The summed E-state index contributed by atoms with van der Waals surface area (Å²) in [4.78, 5) is 9.92. The summed E-state index contributed by atoms with van der Waals surface area (Å²) in [5, 5.41) is 4.62. The Balaban J connectivity index is 1.82. The number of nitrogens with zero attached hydrogens (tertiary/aromatic N) is 2. The summed E-state index contributed by atoms with van der Waals surface area (Å²) in [5.41, 5.74) is 1.64. The first-order chi connectivity index (χ1) is 9.22. The van der Waals surface area contributed by atoms with E-state index < -0.39 is 0 Å². The van der Waals surface area contributed by atoms with Crippen LogP contribution in [-0.2, 0) is 6.42 Å². The Morgan fingerprint density at radius 3 is 3.05 bits per heavy atom. The van der Waals surface area contributed by atoms with Crippen molar-refractivity contribution in [1.82, 2.24) is 15.3 Å². The Morgan fingerprint density at radius 2 is 2.37 bits per heavy atom. The molecule has 2 aromatic heterocycles. The second-order valence-electron chi connectivity index (χ2n) is 4.87. The van der Waals surface area contributed by atoms with Gasteiger partial charge in [0.15, 0.2) is 0 Å². The first kappa shape index (κ1) is 12.7. The van der Waals surface area contributed by atoms with Gasteiger partial charge in [-0.3, -0.25) is 4.98 Å². The lowest BCUT2D eigenvalue weighted by atomic mass is 10.2. The van der Waals surface area contributed by atoms with Crippen LogP contribution < -0.4 is 5.32 Å². The summed E-state index contributed by atoms with van der Waals surface area (Å²) in [7, 11) is 0. The fourth-order valence-electron chi connectivity index (χ4n) is 2.43. The van der Waals surface area contributed by atoms with Crippen LogP contribution in [0.1, 0.15) is 22.7 Å². The molecule has 3 nitrogen and oxygen atoms in total. The van der Waals surface area contributed by atoms with E-state index in [2.05, 4.69) is 15.3 Å². The van der Waals surface area contributed by atoms with E-state index in [9.17, 15) is 4.39 Å². The van der Waals surface area contributed by atoms with Crippen molar-refractivity contribution in [3.63, 3.8) is 0 Å². The van der Waals surface area contributed by atoms with E-state index in [0.29, 0.717) is 6.04 Å². The minimum Gasteiger partial charge on any atom is -0.314 e.